The second-order valence-electron chi connectivity index (χ2n) is 17.3. The first-order valence-electron chi connectivity index (χ1n) is 21.6. The van der Waals surface area contributed by atoms with Crippen LogP contribution in [0.15, 0.2) is 160 Å². The molecule has 0 amide bonds. The average molecular weight is 892 g/mol. The molecule has 2 N–H and O–H groups in total. The Labute approximate surface area is 377 Å². The molecular formula is C50H53N7O5SSi. The SMILES string of the molecule is CC[C@H](O[Si](c1ccccc1)(c1ccccc1)C(C)(C)C)[C@@H]1C[C@@H]([C@@H](C)N=[N+]=[N-])[C@H](n2c(=O)sc3c(=O)[nH]c(NC(c4ccccc4)(c4ccccc4)c4ccc(OC)cc4)nc32)O1. The Morgan fingerprint density at radius 3 is 1.91 bits per heavy atom. The Kier molecular flexibility index (Phi) is 12.8. The molecule has 12 nitrogen and oxygen atoms in total. The zero-order valence-electron chi connectivity index (χ0n) is 36.8. The molecular weight excluding hydrogens is 839 g/mol. The number of nitrogens with zero attached hydrogens (tertiary/aromatic N) is 5. The number of thiazole rings is 1. The first kappa shape index (κ1) is 44.3. The number of aromatic amines is 1. The molecule has 0 aliphatic carbocycles. The number of hydrogen-bond acceptors (Lipinski definition) is 9. The molecule has 5 aromatic carbocycles. The Hall–Kier alpha value is -6.28. The summed E-state index contributed by atoms with van der Waals surface area (Å²) in [6.07, 6.45) is -0.795. The molecule has 0 saturated carbocycles. The van der Waals surface area contributed by atoms with Gasteiger partial charge in [0, 0.05) is 16.9 Å². The second kappa shape index (κ2) is 18.4. The minimum absolute atomic E-state index is 0.142. The van der Waals surface area contributed by atoms with E-state index in [9.17, 15) is 15.1 Å². The quantitative estimate of drug-likeness (QED) is 0.0342. The Morgan fingerprint density at radius 2 is 1.41 bits per heavy atom. The summed E-state index contributed by atoms with van der Waals surface area (Å²) >= 11 is 0.814. The van der Waals surface area contributed by atoms with Crippen LogP contribution in [-0.2, 0) is 14.7 Å². The van der Waals surface area contributed by atoms with Gasteiger partial charge in [0.1, 0.15) is 22.2 Å². The lowest BCUT2D eigenvalue weighted by Crippen LogP contribution is -2.68. The number of fused-ring (bicyclic) bond motifs is 1. The molecule has 0 unspecified atom stereocenters. The van der Waals surface area contributed by atoms with Crippen molar-refractivity contribution in [3.63, 3.8) is 0 Å². The summed E-state index contributed by atoms with van der Waals surface area (Å²) < 4.78 is 21.9. The standard InChI is InChI=1S/C50H53N7O5SSi/c1-7-41(62-64(49(3,4)5,38-24-16-10-17-25-38)39-26-18-11-19-27-39)42-32-40(33(2)55-56-51)46(61-42)57-44-43(63-48(57)59)45(58)53-47(52-44)54-50(34-20-12-8-13-21-34,35-22-14-9-15-23-35)36-28-30-37(60-6)31-29-36/h8-31,33,40-42,46H,7,32H2,1-6H3,(H2,52,53,54,58)/t33-,40+,41+,42+,46-/m1/s1. The zero-order valence-corrected chi connectivity index (χ0v) is 38.7. The third-order valence-corrected chi connectivity index (χ3v) is 18.6. The number of ether oxygens (including phenoxy) is 2. The van der Waals surface area contributed by atoms with Crippen LogP contribution in [0.3, 0.4) is 0 Å². The summed E-state index contributed by atoms with van der Waals surface area (Å²) in [7, 11) is -1.41. The third-order valence-electron chi connectivity index (χ3n) is 12.6. The fraction of sp³-hybridized carbons (Fsp3) is 0.300. The number of nitrogens with one attached hydrogen (secondary N) is 2. The molecule has 14 heteroatoms. The third kappa shape index (κ3) is 8.08. The van der Waals surface area contributed by atoms with Crippen molar-refractivity contribution >= 4 is 46.3 Å². The molecule has 2 aromatic heterocycles. The number of aromatic nitrogens is 3. The molecule has 3 heterocycles. The van der Waals surface area contributed by atoms with Gasteiger partial charge in [0.25, 0.3) is 13.9 Å². The largest absolute Gasteiger partial charge is 0.497 e. The maximum absolute atomic E-state index is 14.4. The van der Waals surface area contributed by atoms with Crippen molar-refractivity contribution in [2.24, 2.45) is 11.0 Å². The maximum Gasteiger partial charge on any atom is 0.311 e. The van der Waals surface area contributed by atoms with Gasteiger partial charge >= 0.3 is 4.87 Å². The first-order chi connectivity index (χ1) is 30.9. The zero-order chi connectivity index (χ0) is 45.1. The first-order valence-corrected chi connectivity index (χ1v) is 24.3. The molecule has 0 spiro atoms. The van der Waals surface area contributed by atoms with Crippen molar-refractivity contribution in [3.8, 4) is 5.75 Å². The summed E-state index contributed by atoms with van der Waals surface area (Å²) in [5.74, 6) is 0.372. The highest BCUT2D eigenvalue weighted by Gasteiger charge is 2.54. The van der Waals surface area contributed by atoms with Crippen molar-refractivity contribution in [1.29, 1.82) is 0 Å². The van der Waals surface area contributed by atoms with Crippen molar-refractivity contribution in [1.82, 2.24) is 14.5 Å². The smallest absolute Gasteiger partial charge is 0.311 e. The van der Waals surface area contributed by atoms with Crippen molar-refractivity contribution in [2.45, 2.75) is 82.5 Å². The van der Waals surface area contributed by atoms with Crippen LogP contribution in [0.25, 0.3) is 20.8 Å². The number of hydrogen-bond donors (Lipinski definition) is 2. The second-order valence-corrected chi connectivity index (χ2v) is 22.5. The topological polar surface area (TPSA) is 156 Å². The average Bonchev–Trinajstić information content (AvgIpc) is 3.90. The predicted octanol–water partition coefficient (Wildman–Crippen LogP) is 9.52. The van der Waals surface area contributed by atoms with Gasteiger partial charge in [0.05, 0.1) is 19.3 Å². The molecule has 1 saturated heterocycles. The summed E-state index contributed by atoms with van der Waals surface area (Å²) in [6.45, 7) is 10.6. The highest BCUT2D eigenvalue weighted by Crippen LogP contribution is 2.45. The Morgan fingerprint density at radius 1 is 0.875 bits per heavy atom. The van der Waals surface area contributed by atoms with E-state index in [0.717, 1.165) is 38.4 Å². The van der Waals surface area contributed by atoms with Crippen LogP contribution >= 0.6 is 11.3 Å². The van der Waals surface area contributed by atoms with Gasteiger partial charge in [0.2, 0.25) is 5.95 Å². The maximum atomic E-state index is 14.4. The van der Waals surface area contributed by atoms with Gasteiger partial charge in [0.15, 0.2) is 5.65 Å². The van der Waals surface area contributed by atoms with Gasteiger partial charge in [-0.05, 0) is 62.6 Å². The van der Waals surface area contributed by atoms with E-state index >= 15 is 0 Å². The van der Waals surface area contributed by atoms with Crippen LogP contribution in [0.2, 0.25) is 5.04 Å². The van der Waals surface area contributed by atoms with Gasteiger partial charge < -0.3 is 19.2 Å². The van der Waals surface area contributed by atoms with Gasteiger partial charge in [-0.1, -0.05) is 185 Å². The number of azide groups is 1. The van der Waals surface area contributed by atoms with E-state index in [1.807, 2.05) is 104 Å². The minimum Gasteiger partial charge on any atom is -0.497 e. The number of rotatable bonds is 15. The molecule has 1 aliphatic heterocycles. The Bertz CT molecular complexity index is 2770. The fourth-order valence-electron chi connectivity index (χ4n) is 9.48. The summed E-state index contributed by atoms with van der Waals surface area (Å²) in [5.41, 5.74) is 10.9. The number of H-pyrrole nitrogens is 1. The molecule has 1 aliphatic rings. The minimum atomic E-state index is -3.04. The monoisotopic (exact) mass is 891 g/mol. The van der Waals surface area contributed by atoms with Crippen molar-refractivity contribution < 1.29 is 13.9 Å². The van der Waals surface area contributed by atoms with E-state index in [0.29, 0.717) is 18.6 Å². The van der Waals surface area contributed by atoms with Crippen LogP contribution < -0.4 is 30.9 Å². The van der Waals surface area contributed by atoms with Gasteiger partial charge in [-0.15, -0.1) is 0 Å². The molecule has 0 bridgehead atoms. The van der Waals surface area contributed by atoms with Gasteiger partial charge in [-0.3, -0.25) is 19.1 Å². The number of anilines is 1. The van der Waals surface area contributed by atoms with E-state index < -0.39 is 54.7 Å². The lowest BCUT2D eigenvalue weighted by molar-refractivity contribution is -0.0613. The van der Waals surface area contributed by atoms with Gasteiger partial charge in [-0.25, -0.2) is 0 Å². The van der Waals surface area contributed by atoms with Crippen LogP contribution in [-0.4, -0.2) is 48.2 Å². The van der Waals surface area contributed by atoms with Crippen LogP contribution in [0, 0.1) is 5.92 Å². The predicted molar refractivity (Wildman–Crippen MR) is 257 cm³/mol. The molecule has 5 atom stereocenters. The molecule has 0 radical (unpaired) electrons. The van der Waals surface area contributed by atoms with Crippen molar-refractivity contribution in [2.75, 3.05) is 12.4 Å². The van der Waals surface area contributed by atoms with E-state index in [1.54, 1.807) is 7.11 Å². The number of benzene rings is 5. The molecule has 8 rings (SSSR count). The number of methoxy groups -OCH3 is 1. The van der Waals surface area contributed by atoms with Crippen LogP contribution in [0.5, 0.6) is 5.75 Å². The normalized spacial score (nSPS) is 17.7. The highest BCUT2D eigenvalue weighted by molar-refractivity contribution is 7.16. The summed E-state index contributed by atoms with van der Waals surface area (Å²) in [5, 5.41) is 9.79. The van der Waals surface area contributed by atoms with E-state index in [-0.39, 0.29) is 21.3 Å². The molecule has 64 heavy (non-hydrogen) atoms. The molecule has 1 fully saturated rings. The van der Waals surface area contributed by atoms with E-state index in [1.165, 1.54) is 4.57 Å². The van der Waals surface area contributed by atoms with Crippen LogP contribution in [0.1, 0.15) is 70.4 Å². The van der Waals surface area contributed by atoms with Crippen LogP contribution in [0.4, 0.5) is 5.95 Å². The summed E-state index contributed by atoms with van der Waals surface area (Å²) in [4.78, 5) is 39.3. The lowest BCUT2D eigenvalue weighted by Gasteiger charge is -2.46. The lowest BCUT2D eigenvalue weighted by atomic mass is 9.77. The molecule has 7 aromatic rings. The Balaban J connectivity index is 1.25. The van der Waals surface area contributed by atoms with E-state index in [2.05, 4.69) is 96.6 Å². The summed E-state index contributed by atoms with van der Waals surface area (Å²) in [6, 6.07) is 47.9. The van der Waals surface area contributed by atoms with Gasteiger partial charge in [-0.2, -0.15) is 4.98 Å². The molecule has 328 valence electrons. The fourth-order valence-corrected chi connectivity index (χ4v) is 15.1. The van der Waals surface area contributed by atoms with Crippen molar-refractivity contribution in [3.05, 3.63) is 193 Å². The highest BCUT2D eigenvalue weighted by atomic mass is 32.1. The van der Waals surface area contributed by atoms with E-state index in [4.69, 9.17) is 18.9 Å².